The Hall–Kier alpha value is -3.14. The van der Waals surface area contributed by atoms with E-state index in [2.05, 4.69) is 5.32 Å². The first-order valence-electron chi connectivity index (χ1n) is 8.44. The van der Waals surface area contributed by atoms with Crippen molar-refractivity contribution in [3.8, 4) is 6.07 Å². The molecule has 0 amide bonds. The highest BCUT2D eigenvalue weighted by atomic mass is 19.1. The quantitative estimate of drug-likeness (QED) is 0.663. The molecule has 0 aliphatic carbocycles. The molecule has 2 aromatic rings. The predicted octanol–water partition coefficient (Wildman–Crippen LogP) is 3.99. The summed E-state index contributed by atoms with van der Waals surface area (Å²) < 4.78 is 14.1. The lowest BCUT2D eigenvalue weighted by Gasteiger charge is -2.34. The van der Waals surface area contributed by atoms with E-state index in [9.17, 15) is 19.8 Å². The highest BCUT2D eigenvalue weighted by Crippen LogP contribution is 2.27. The number of hydrogen-bond donors (Lipinski definition) is 1. The van der Waals surface area contributed by atoms with Crippen molar-refractivity contribution in [2.24, 2.45) is 0 Å². The highest BCUT2D eigenvalue weighted by molar-refractivity contribution is 5.62. The molecule has 1 aliphatic rings. The fraction of sp³-hybridized carbons (Fsp3) is 0.316. The Morgan fingerprint density at radius 3 is 2.65 bits per heavy atom. The van der Waals surface area contributed by atoms with E-state index in [1.807, 2.05) is 24.0 Å². The minimum Gasteiger partial charge on any atom is -0.381 e. The van der Waals surface area contributed by atoms with Gasteiger partial charge in [0.25, 0.3) is 5.69 Å². The van der Waals surface area contributed by atoms with Crippen LogP contribution in [0.3, 0.4) is 0 Å². The van der Waals surface area contributed by atoms with Crippen molar-refractivity contribution in [3.05, 3.63) is 63.5 Å². The summed E-state index contributed by atoms with van der Waals surface area (Å²) in [4.78, 5) is 12.3. The van der Waals surface area contributed by atoms with E-state index < -0.39 is 4.92 Å². The van der Waals surface area contributed by atoms with Crippen LogP contribution in [-0.2, 0) is 0 Å². The third kappa shape index (κ3) is 3.75. The number of nitrogens with zero attached hydrogens (tertiary/aromatic N) is 3. The van der Waals surface area contributed by atoms with Crippen molar-refractivity contribution in [1.82, 2.24) is 0 Å². The lowest BCUT2D eigenvalue weighted by atomic mass is 10.0. The Balaban J connectivity index is 1.67. The summed E-state index contributed by atoms with van der Waals surface area (Å²) in [5.41, 5.74) is 2.39. The SMILES string of the molecule is Cc1ccc(F)c(N2CCC(Nc3ccc([N+](=O)[O-])cc3C#N)CC2)c1. The molecule has 2 aromatic carbocycles. The summed E-state index contributed by atoms with van der Waals surface area (Å²) in [7, 11) is 0. The van der Waals surface area contributed by atoms with Gasteiger partial charge in [-0.15, -0.1) is 0 Å². The van der Waals surface area contributed by atoms with Gasteiger partial charge in [-0.1, -0.05) is 6.07 Å². The van der Waals surface area contributed by atoms with Crippen molar-refractivity contribution in [3.63, 3.8) is 0 Å². The van der Waals surface area contributed by atoms with Crippen LogP contribution in [0.5, 0.6) is 0 Å². The molecule has 0 atom stereocenters. The van der Waals surface area contributed by atoms with Crippen LogP contribution in [0.4, 0.5) is 21.5 Å². The van der Waals surface area contributed by atoms with Gasteiger partial charge in [0.05, 0.1) is 21.9 Å². The first-order chi connectivity index (χ1) is 12.5. The lowest BCUT2D eigenvalue weighted by Crippen LogP contribution is -2.39. The Kier molecular flexibility index (Phi) is 5.03. The Bertz CT molecular complexity index is 870. The molecule has 3 rings (SSSR count). The Labute approximate surface area is 151 Å². The summed E-state index contributed by atoms with van der Waals surface area (Å²) in [6.07, 6.45) is 1.57. The molecule has 1 fully saturated rings. The molecule has 1 aliphatic heterocycles. The average molecular weight is 354 g/mol. The maximum atomic E-state index is 14.1. The monoisotopic (exact) mass is 354 g/mol. The summed E-state index contributed by atoms with van der Waals surface area (Å²) in [5, 5.41) is 23.4. The number of nitriles is 1. The zero-order valence-corrected chi connectivity index (χ0v) is 14.4. The standard InChI is InChI=1S/C19H19FN4O2/c1-13-2-4-17(20)19(10-13)23-8-6-15(7-9-23)22-18-5-3-16(24(25)26)11-14(18)12-21/h2-5,10-11,15,22H,6-9H2,1H3. The van der Waals surface area contributed by atoms with Crippen LogP contribution in [0.1, 0.15) is 24.0 Å². The number of nitro benzene ring substituents is 1. The van der Waals surface area contributed by atoms with Crippen LogP contribution in [0.25, 0.3) is 0 Å². The minimum absolute atomic E-state index is 0.100. The van der Waals surface area contributed by atoms with Gasteiger partial charge in [-0.2, -0.15) is 5.26 Å². The molecule has 1 saturated heterocycles. The number of non-ortho nitro benzene ring substituents is 1. The van der Waals surface area contributed by atoms with E-state index in [1.165, 1.54) is 18.2 Å². The highest BCUT2D eigenvalue weighted by Gasteiger charge is 2.22. The largest absolute Gasteiger partial charge is 0.381 e. The summed E-state index contributed by atoms with van der Waals surface area (Å²) >= 11 is 0. The van der Waals surface area contributed by atoms with E-state index >= 15 is 0 Å². The van der Waals surface area contributed by atoms with Gasteiger partial charge in [0, 0.05) is 31.3 Å². The average Bonchev–Trinajstić information content (AvgIpc) is 2.64. The number of aryl methyl sites for hydroxylation is 1. The molecule has 0 saturated carbocycles. The predicted molar refractivity (Wildman–Crippen MR) is 97.8 cm³/mol. The van der Waals surface area contributed by atoms with Crippen molar-refractivity contribution < 1.29 is 9.31 Å². The van der Waals surface area contributed by atoms with Gasteiger partial charge in [0.1, 0.15) is 11.9 Å². The van der Waals surface area contributed by atoms with Gasteiger partial charge in [-0.3, -0.25) is 10.1 Å². The second kappa shape index (κ2) is 7.40. The van der Waals surface area contributed by atoms with E-state index in [-0.39, 0.29) is 23.1 Å². The summed E-state index contributed by atoms with van der Waals surface area (Å²) in [6.45, 7) is 3.34. The van der Waals surface area contributed by atoms with Gasteiger partial charge in [-0.25, -0.2) is 4.39 Å². The number of hydrogen-bond acceptors (Lipinski definition) is 5. The van der Waals surface area contributed by atoms with Gasteiger partial charge >= 0.3 is 0 Å². The summed E-state index contributed by atoms with van der Waals surface area (Å²) in [5.74, 6) is -0.218. The summed E-state index contributed by atoms with van der Waals surface area (Å²) in [6, 6.07) is 11.5. The molecule has 1 heterocycles. The first kappa shape index (κ1) is 17.7. The van der Waals surface area contributed by atoms with Crippen LogP contribution >= 0.6 is 0 Å². The molecular weight excluding hydrogens is 335 g/mol. The second-order valence-corrected chi connectivity index (χ2v) is 6.46. The lowest BCUT2D eigenvalue weighted by molar-refractivity contribution is -0.384. The van der Waals surface area contributed by atoms with Crippen LogP contribution in [-0.4, -0.2) is 24.1 Å². The number of piperidine rings is 1. The normalized spacial score (nSPS) is 14.7. The molecule has 26 heavy (non-hydrogen) atoms. The maximum absolute atomic E-state index is 14.1. The van der Waals surface area contributed by atoms with Gasteiger partial charge < -0.3 is 10.2 Å². The molecule has 134 valence electrons. The fourth-order valence-electron chi connectivity index (χ4n) is 3.21. The van der Waals surface area contributed by atoms with Gasteiger partial charge in [0.2, 0.25) is 0 Å². The number of anilines is 2. The molecular formula is C19H19FN4O2. The zero-order chi connectivity index (χ0) is 18.7. The number of nitrogens with one attached hydrogen (secondary N) is 1. The van der Waals surface area contributed by atoms with E-state index in [0.29, 0.717) is 24.5 Å². The van der Waals surface area contributed by atoms with Crippen LogP contribution < -0.4 is 10.2 Å². The van der Waals surface area contributed by atoms with E-state index in [0.717, 1.165) is 18.4 Å². The topological polar surface area (TPSA) is 82.2 Å². The van der Waals surface area contributed by atoms with Crippen molar-refractivity contribution in [1.29, 1.82) is 5.26 Å². The van der Waals surface area contributed by atoms with Crippen LogP contribution in [0.2, 0.25) is 0 Å². The number of benzene rings is 2. The number of rotatable bonds is 4. The third-order valence-electron chi connectivity index (χ3n) is 4.63. The van der Waals surface area contributed by atoms with E-state index in [1.54, 1.807) is 12.1 Å². The third-order valence-corrected chi connectivity index (χ3v) is 4.63. The molecule has 0 bridgehead atoms. The Morgan fingerprint density at radius 1 is 1.27 bits per heavy atom. The molecule has 7 heteroatoms. The number of nitro groups is 1. The smallest absolute Gasteiger partial charge is 0.270 e. The second-order valence-electron chi connectivity index (χ2n) is 6.46. The molecule has 0 radical (unpaired) electrons. The van der Waals surface area contributed by atoms with Crippen molar-refractivity contribution in [2.75, 3.05) is 23.3 Å². The first-order valence-corrected chi connectivity index (χ1v) is 8.44. The van der Waals surface area contributed by atoms with E-state index in [4.69, 9.17) is 0 Å². The van der Waals surface area contributed by atoms with Crippen molar-refractivity contribution in [2.45, 2.75) is 25.8 Å². The molecule has 6 nitrogen and oxygen atoms in total. The van der Waals surface area contributed by atoms with Gasteiger partial charge in [-0.05, 0) is 43.5 Å². The zero-order valence-electron chi connectivity index (χ0n) is 14.4. The molecule has 0 unspecified atom stereocenters. The minimum atomic E-state index is -0.514. The number of halogens is 1. The Morgan fingerprint density at radius 2 is 2.00 bits per heavy atom. The maximum Gasteiger partial charge on any atom is 0.270 e. The molecule has 0 spiro atoms. The fourth-order valence-corrected chi connectivity index (χ4v) is 3.21. The van der Waals surface area contributed by atoms with Crippen LogP contribution in [0, 0.1) is 34.2 Å². The van der Waals surface area contributed by atoms with Crippen molar-refractivity contribution >= 4 is 17.1 Å². The van der Waals surface area contributed by atoms with Gasteiger partial charge in [0.15, 0.2) is 0 Å². The van der Waals surface area contributed by atoms with Crippen LogP contribution in [0.15, 0.2) is 36.4 Å². The molecule has 0 aromatic heterocycles. The molecule has 1 N–H and O–H groups in total.